The Hall–Kier alpha value is -3.19. The fourth-order valence-electron chi connectivity index (χ4n) is 2.35. The molecule has 0 saturated heterocycles. The number of nitrogens with one attached hydrogen (secondary N) is 1. The van der Waals surface area contributed by atoms with E-state index in [1.54, 1.807) is 30.3 Å². The molecule has 0 aliphatic heterocycles. The van der Waals surface area contributed by atoms with E-state index in [9.17, 15) is 9.18 Å². The molecule has 3 N–H and O–H groups in total. The molecule has 3 aromatic rings. The van der Waals surface area contributed by atoms with Gasteiger partial charge in [0.1, 0.15) is 18.2 Å². The number of carbonyl (C=O) groups excluding carboxylic acids is 1. The van der Waals surface area contributed by atoms with E-state index in [-0.39, 0.29) is 29.0 Å². The number of carbonyl (C=O) groups is 1. The van der Waals surface area contributed by atoms with Crippen LogP contribution in [0, 0.1) is 5.82 Å². The molecule has 3 rings (SSSR count). The lowest BCUT2D eigenvalue weighted by atomic mass is 10.2. The van der Waals surface area contributed by atoms with E-state index in [1.165, 1.54) is 12.1 Å². The van der Waals surface area contributed by atoms with Crippen molar-refractivity contribution in [1.29, 1.82) is 0 Å². The summed E-state index contributed by atoms with van der Waals surface area (Å²) in [5.41, 5.74) is 6.89. The van der Waals surface area contributed by atoms with Crippen LogP contribution in [0.3, 0.4) is 0 Å². The maximum atomic E-state index is 13.6. The number of amides is 1. The average molecular weight is 387 g/mol. The summed E-state index contributed by atoms with van der Waals surface area (Å²) in [7, 11) is 0. The second-order valence-corrected chi connectivity index (χ2v) is 6.06. The quantitative estimate of drug-likeness (QED) is 0.648. The summed E-state index contributed by atoms with van der Waals surface area (Å²) in [6.45, 7) is 0.538. The molecule has 1 heterocycles. The average Bonchev–Trinajstić information content (AvgIpc) is 2.67. The summed E-state index contributed by atoms with van der Waals surface area (Å²) in [6.07, 6.45) is 0. The van der Waals surface area contributed by atoms with Crippen LogP contribution in [0.5, 0.6) is 5.75 Å². The van der Waals surface area contributed by atoms with Gasteiger partial charge in [0.25, 0.3) is 5.91 Å². The summed E-state index contributed by atoms with van der Waals surface area (Å²) in [4.78, 5) is 11.5. The van der Waals surface area contributed by atoms with E-state index >= 15 is 0 Å². The lowest BCUT2D eigenvalue weighted by Crippen LogP contribution is -2.16. The van der Waals surface area contributed by atoms with Gasteiger partial charge in [-0.1, -0.05) is 41.9 Å². The van der Waals surface area contributed by atoms with Crippen LogP contribution in [0.1, 0.15) is 21.5 Å². The Kier molecular flexibility index (Phi) is 5.83. The van der Waals surface area contributed by atoms with Crippen molar-refractivity contribution in [3.05, 3.63) is 82.3 Å². The van der Waals surface area contributed by atoms with Crippen LogP contribution in [-0.2, 0) is 13.2 Å². The lowest BCUT2D eigenvalue weighted by molar-refractivity contribution is 0.100. The minimum atomic E-state index is -0.647. The van der Waals surface area contributed by atoms with Crippen LogP contribution in [0.4, 0.5) is 10.2 Å². The first-order valence-electron chi connectivity index (χ1n) is 8.05. The summed E-state index contributed by atoms with van der Waals surface area (Å²) in [5, 5.41) is 10.6. The first-order valence-corrected chi connectivity index (χ1v) is 8.43. The third-order valence-corrected chi connectivity index (χ3v) is 3.95. The highest BCUT2D eigenvalue weighted by atomic mass is 35.5. The third-order valence-electron chi connectivity index (χ3n) is 3.77. The van der Waals surface area contributed by atoms with Crippen molar-refractivity contribution in [2.45, 2.75) is 13.2 Å². The molecule has 0 aliphatic carbocycles. The van der Waals surface area contributed by atoms with Crippen molar-refractivity contribution in [1.82, 2.24) is 10.2 Å². The highest BCUT2D eigenvalue weighted by Gasteiger charge is 2.11. The van der Waals surface area contributed by atoms with Gasteiger partial charge in [0, 0.05) is 12.1 Å². The van der Waals surface area contributed by atoms with Crippen LogP contribution < -0.4 is 15.8 Å². The van der Waals surface area contributed by atoms with Crippen molar-refractivity contribution in [3.63, 3.8) is 0 Å². The van der Waals surface area contributed by atoms with Crippen LogP contribution in [-0.4, -0.2) is 16.1 Å². The molecule has 8 heteroatoms. The standard InChI is InChI=1S/C19H16ClFN4O2/c20-17-9-15(18(22)26)19(25-24-17)23-10-12-5-7-14(8-6-12)27-11-13-3-1-2-4-16(13)21/h1-9H,10-11H2,(H2,22,26)(H,23,25). The molecule has 0 fully saturated rings. The van der Waals surface area contributed by atoms with E-state index < -0.39 is 5.91 Å². The number of ether oxygens (including phenoxy) is 1. The van der Waals surface area contributed by atoms with Gasteiger partial charge in [-0.25, -0.2) is 4.39 Å². The molecule has 6 nitrogen and oxygen atoms in total. The molecule has 1 amide bonds. The maximum Gasteiger partial charge on any atom is 0.252 e. The molecule has 0 radical (unpaired) electrons. The van der Waals surface area contributed by atoms with Crippen molar-refractivity contribution >= 4 is 23.3 Å². The number of rotatable bonds is 7. The van der Waals surface area contributed by atoms with E-state index in [4.69, 9.17) is 22.1 Å². The monoisotopic (exact) mass is 386 g/mol. The second kappa shape index (κ2) is 8.46. The lowest BCUT2D eigenvalue weighted by Gasteiger charge is -2.10. The van der Waals surface area contributed by atoms with Crippen molar-refractivity contribution in [3.8, 4) is 5.75 Å². The number of hydrogen-bond acceptors (Lipinski definition) is 5. The van der Waals surface area contributed by atoms with Crippen LogP contribution in [0.2, 0.25) is 5.15 Å². The summed E-state index contributed by atoms with van der Waals surface area (Å²) in [6, 6.07) is 15.1. The molecule has 2 aromatic carbocycles. The molecule has 27 heavy (non-hydrogen) atoms. The molecular formula is C19H16ClFN4O2. The van der Waals surface area contributed by atoms with E-state index in [1.807, 2.05) is 12.1 Å². The minimum Gasteiger partial charge on any atom is -0.489 e. The fourth-order valence-corrected chi connectivity index (χ4v) is 2.50. The molecule has 0 spiro atoms. The minimum absolute atomic E-state index is 0.0886. The van der Waals surface area contributed by atoms with Gasteiger partial charge in [-0.3, -0.25) is 4.79 Å². The van der Waals surface area contributed by atoms with Crippen LogP contribution in [0.15, 0.2) is 54.6 Å². The van der Waals surface area contributed by atoms with Gasteiger partial charge < -0.3 is 15.8 Å². The number of hydrogen-bond donors (Lipinski definition) is 2. The van der Waals surface area contributed by atoms with Crippen LogP contribution >= 0.6 is 11.6 Å². The first-order chi connectivity index (χ1) is 13.0. The SMILES string of the molecule is NC(=O)c1cc(Cl)nnc1NCc1ccc(OCc2ccccc2F)cc1. The van der Waals surface area contributed by atoms with Gasteiger partial charge >= 0.3 is 0 Å². The van der Waals surface area contributed by atoms with Crippen molar-refractivity contribution < 1.29 is 13.9 Å². The van der Waals surface area contributed by atoms with E-state index in [2.05, 4.69) is 15.5 Å². The zero-order valence-electron chi connectivity index (χ0n) is 14.2. The highest BCUT2D eigenvalue weighted by molar-refractivity contribution is 6.29. The number of aromatic nitrogens is 2. The topological polar surface area (TPSA) is 90.1 Å². The van der Waals surface area contributed by atoms with Gasteiger partial charge in [0.05, 0.1) is 5.56 Å². The number of anilines is 1. The van der Waals surface area contributed by atoms with Gasteiger partial charge in [-0.05, 0) is 29.8 Å². The summed E-state index contributed by atoms with van der Waals surface area (Å²) < 4.78 is 19.2. The van der Waals surface area contributed by atoms with Crippen molar-refractivity contribution in [2.75, 3.05) is 5.32 Å². The molecular weight excluding hydrogens is 371 g/mol. The second-order valence-electron chi connectivity index (χ2n) is 5.67. The van der Waals surface area contributed by atoms with Gasteiger partial charge in [0.2, 0.25) is 0 Å². The Bertz CT molecular complexity index is 951. The Morgan fingerprint density at radius 3 is 2.59 bits per heavy atom. The Morgan fingerprint density at radius 1 is 1.15 bits per heavy atom. The fraction of sp³-hybridized carbons (Fsp3) is 0.105. The number of halogens is 2. The Balaban J connectivity index is 1.60. The largest absolute Gasteiger partial charge is 0.489 e. The normalized spacial score (nSPS) is 10.4. The number of benzene rings is 2. The van der Waals surface area contributed by atoms with Gasteiger partial charge in [-0.2, -0.15) is 0 Å². The summed E-state index contributed by atoms with van der Waals surface area (Å²) >= 11 is 5.73. The number of nitrogens with two attached hydrogens (primary N) is 1. The van der Waals surface area contributed by atoms with Gasteiger partial charge in [0.15, 0.2) is 11.0 Å². The summed E-state index contributed by atoms with van der Waals surface area (Å²) in [5.74, 6) is -0.0725. The predicted octanol–water partition coefficient (Wildman–Crippen LogP) is 3.56. The zero-order chi connectivity index (χ0) is 19.2. The molecule has 0 atom stereocenters. The zero-order valence-corrected chi connectivity index (χ0v) is 14.9. The smallest absolute Gasteiger partial charge is 0.252 e. The molecule has 0 aliphatic rings. The third kappa shape index (κ3) is 4.92. The van der Waals surface area contributed by atoms with E-state index in [0.29, 0.717) is 17.9 Å². The number of primary amides is 1. The molecule has 0 bridgehead atoms. The molecule has 0 saturated carbocycles. The Labute approximate surface area is 160 Å². The molecule has 1 aromatic heterocycles. The van der Waals surface area contributed by atoms with Crippen molar-refractivity contribution in [2.24, 2.45) is 5.73 Å². The molecule has 138 valence electrons. The predicted molar refractivity (Wildman–Crippen MR) is 100 cm³/mol. The number of nitrogens with zero attached hydrogens (tertiary/aromatic N) is 2. The highest BCUT2D eigenvalue weighted by Crippen LogP contribution is 2.18. The van der Waals surface area contributed by atoms with Gasteiger partial charge in [-0.15, -0.1) is 10.2 Å². The maximum absolute atomic E-state index is 13.6. The first kappa shape index (κ1) is 18.6. The Morgan fingerprint density at radius 2 is 1.89 bits per heavy atom. The van der Waals surface area contributed by atoms with Crippen LogP contribution in [0.25, 0.3) is 0 Å². The van der Waals surface area contributed by atoms with E-state index in [0.717, 1.165) is 5.56 Å². The molecule has 0 unspecified atom stereocenters.